The molecule has 16 atom stereocenters. The van der Waals surface area contributed by atoms with Crippen molar-refractivity contribution in [3.63, 3.8) is 0 Å². The molecule has 0 bridgehead atoms. The zero-order valence-electron chi connectivity index (χ0n) is 31.8. The van der Waals surface area contributed by atoms with Crippen LogP contribution in [0.3, 0.4) is 0 Å². The molecule has 0 spiro atoms. The number of hydrogen-bond acceptors (Lipinski definition) is 19. The molecular formula is C35H57N5O17. The number of amides is 3. The van der Waals surface area contributed by atoms with Crippen molar-refractivity contribution >= 4 is 18.1 Å². The second-order valence-electron chi connectivity index (χ2n) is 15.2. The van der Waals surface area contributed by atoms with Crippen molar-refractivity contribution < 1.29 is 83.7 Å². The van der Waals surface area contributed by atoms with Crippen LogP contribution in [0.15, 0.2) is 30.3 Å². The van der Waals surface area contributed by atoms with Crippen molar-refractivity contribution in [3.8, 4) is 0 Å². The molecule has 3 amide bonds. The predicted octanol–water partition coefficient (Wildman–Crippen LogP) is -4.89. The summed E-state index contributed by atoms with van der Waals surface area (Å²) in [4.78, 5) is 37.5. The predicted molar refractivity (Wildman–Crippen MR) is 192 cm³/mol. The second kappa shape index (κ2) is 20.6. The first kappa shape index (κ1) is 46.4. The van der Waals surface area contributed by atoms with Crippen LogP contribution >= 0.6 is 0 Å². The largest absolute Gasteiger partial charge is 0.445 e. The molecule has 2 saturated heterocycles. The number of ether oxygens (including phenoxy) is 6. The van der Waals surface area contributed by atoms with E-state index in [4.69, 9.17) is 39.9 Å². The van der Waals surface area contributed by atoms with Crippen molar-refractivity contribution in [2.75, 3.05) is 19.7 Å². The van der Waals surface area contributed by atoms with Gasteiger partial charge in [-0.2, -0.15) is 0 Å². The molecule has 1 aromatic carbocycles. The van der Waals surface area contributed by atoms with Crippen molar-refractivity contribution in [2.24, 2.45) is 11.5 Å². The zero-order valence-corrected chi connectivity index (χ0v) is 31.8. The summed E-state index contributed by atoms with van der Waals surface area (Å²) < 4.78 is 33.4. The quantitative estimate of drug-likeness (QED) is 0.0836. The molecule has 22 heteroatoms. The van der Waals surface area contributed by atoms with E-state index in [9.17, 15) is 55.2 Å². The maximum Gasteiger partial charge on any atom is 0.407 e. The highest BCUT2D eigenvalue weighted by Gasteiger charge is 2.53. The molecule has 3 fully saturated rings. The summed E-state index contributed by atoms with van der Waals surface area (Å²) in [6, 6.07) is 4.98. The van der Waals surface area contributed by atoms with E-state index in [1.54, 1.807) is 51.1 Å². The topological polar surface area (TPSA) is 357 Å². The summed E-state index contributed by atoms with van der Waals surface area (Å²) in [7, 11) is 0. The minimum absolute atomic E-state index is 0.0592. The highest BCUT2D eigenvalue weighted by Crippen LogP contribution is 2.32. The van der Waals surface area contributed by atoms with E-state index in [0.29, 0.717) is 5.56 Å². The van der Waals surface area contributed by atoms with Gasteiger partial charge in [0.15, 0.2) is 12.6 Å². The van der Waals surface area contributed by atoms with Crippen LogP contribution < -0.4 is 27.4 Å². The van der Waals surface area contributed by atoms with Crippen LogP contribution in [-0.2, 0) is 39.8 Å². The Morgan fingerprint density at radius 2 is 1.46 bits per heavy atom. The van der Waals surface area contributed by atoms with Crippen LogP contribution in [0.4, 0.5) is 9.59 Å². The van der Waals surface area contributed by atoms with Gasteiger partial charge in [-0.3, -0.25) is 4.79 Å². The number of hydrogen-bond donors (Lipinski definition) is 13. The van der Waals surface area contributed by atoms with Crippen LogP contribution in [0.2, 0.25) is 0 Å². The van der Waals surface area contributed by atoms with E-state index in [1.807, 2.05) is 0 Å². The molecule has 1 aliphatic carbocycles. The third kappa shape index (κ3) is 12.6. The number of carbonyl (C=O) groups excluding carboxylic acids is 3. The third-order valence-corrected chi connectivity index (χ3v) is 9.58. The van der Waals surface area contributed by atoms with E-state index in [1.165, 1.54) is 0 Å². The molecule has 4 rings (SSSR count). The van der Waals surface area contributed by atoms with Crippen LogP contribution in [0.5, 0.6) is 0 Å². The van der Waals surface area contributed by atoms with Crippen molar-refractivity contribution in [3.05, 3.63) is 35.9 Å². The van der Waals surface area contributed by atoms with E-state index >= 15 is 0 Å². The van der Waals surface area contributed by atoms with Crippen LogP contribution in [0, 0.1) is 0 Å². The Balaban J connectivity index is 1.46. The molecule has 1 saturated carbocycles. The van der Waals surface area contributed by atoms with Crippen molar-refractivity contribution in [1.29, 1.82) is 0 Å². The average molecular weight is 820 g/mol. The number of alkyl carbamates (subject to hydrolysis) is 2. The molecule has 324 valence electrons. The van der Waals surface area contributed by atoms with Gasteiger partial charge in [0.2, 0.25) is 5.91 Å². The Morgan fingerprint density at radius 1 is 0.825 bits per heavy atom. The van der Waals surface area contributed by atoms with Gasteiger partial charge in [-0.05, 0) is 39.2 Å². The number of rotatable bonds is 14. The van der Waals surface area contributed by atoms with E-state index in [-0.39, 0.29) is 26.0 Å². The first-order chi connectivity index (χ1) is 26.8. The van der Waals surface area contributed by atoms with Gasteiger partial charge in [-0.25, -0.2) is 9.59 Å². The zero-order chi connectivity index (χ0) is 42.2. The molecule has 0 aromatic heterocycles. The molecule has 15 N–H and O–H groups in total. The maximum atomic E-state index is 13.2. The minimum atomic E-state index is -1.91. The highest BCUT2D eigenvalue weighted by molar-refractivity contribution is 5.81. The van der Waals surface area contributed by atoms with Crippen molar-refractivity contribution in [2.45, 2.75) is 144 Å². The minimum Gasteiger partial charge on any atom is -0.445 e. The summed E-state index contributed by atoms with van der Waals surface area (Å²) in [5.74, 6) is -0.968. The fraction of sp³-hybridized carbons (Fsp3) is 0.743. The monoisotopic (exact) mass is 819 g/mol. The molecular weight excluding hydrogens is 762 g/mol. The Bertz CT molecular complexity index is 1440. The number of carbonyl (C=O) groups is 3. The summed E-state index contributed by atoms with van der Waals surface area (Å²) in [5.41, 5.74) is 12.3. The number of aliphatic hydroxyl groups is 8. The molecule has 1 aromatic rings. The third-order valence-electron chi connectivity index (χ3n) is 9.58. The van der Waals surface area contributed by atoms with Gasteiger partial charge >= 0.3 is 12.2 Å². The smallest absolute Gasteiger partial charge is 0.407 e. The van der Waals surface area contributed by atoms with Gasteiger partial charge in [-0.15, -0.1) is 0 Å². The maximum absolute atomic E-state index is 13.2. The molecule has 2 aliphatic heterocycles. The molecule has 3 aliphatic rings. The van der Waals surface area contributed by atoms with Crippen LogP contribution in [-0.4, -0.2) is 182 Å². The standard InChI is InChI=1S/C35H57N5O17/c1-35(2,3)57-34(51)38-10-9-18(42)30(49)40-17-11-16(36)28(27(48)29(17)56-31-24(45)21(37)22(43)20(13-41)54-31)55-32-26(47)25(46)23(44)19(53-32)12-39-33(50)52-14-15-7-5-4-6-8-15/h4-8,16-29,31-32,41-48H,9-14,36-37H2,1-3H3,(H,38,51)(H,39,50)(H,40,49)/t16?,17-,18+,19?,20?,21+,22+,23+,24?,25+,26?,27+,28+,29?,31+,32+/m1/s1. The number of benzene rings is 1. The summed E-state index contributed by atoms with van der Waals surface area (Å²) in [6.45, 7) is 3.60. The Hall–Kier alpha value is -3.33. The fourth-order valence-electron chi connectivity index (χ4n) is 6.47. The summed E-state index contributed by atoms with van der Waals surface area (Å²) in [6.07, 6.45) is -23.7. The lowest BCUT2D eigenvalue weighted by atomic mass is 9.83. The second-order valence-corrected chi connectivity index (χ2v) is 15.2. The lowest BCUT2D eigenvalue weighted by molar-refractivity contribution is -0.333. The first-order valence-electron chi connectivity index (χ1n) is 18.5. The van der Waals surface area contributed by atoms with E-state index < -0.39 is 135 Å². The Morgan fingerprint density at radius 3 is 2.11 bits per heavy atom. The van der Waals surface area contributed by atoms with Gasteiger partial charge < -0.3 is 96.7 Å². The summed E-state index contributed by atoms with van der Waals surface area (Å²) >= 11 is 0. The Kier molecular flexibility index (Phi) is 16.7. The fourth-order valence-corrected chi connectivity index (χ4v) is 6.47. The number of nitrogens with one attached hydrogen (secondary N) is 3. The van der Waals surface area contributed by atoms with Crippen LogP contribution in [0.25, 0.3) is 0 Å². The number of nitrogens with two attached hydrogens (primary N) is 2. The van der Waals surface area contributed by atoms with Crippen molar-refractivity contribution in [1.82, 2.24) is 16.0 Å². The first-order valence-corrected chi connectivity index (χ1v) is 18.5. The highest BCUT2D eigenvalue weighted by atomic mass is 16.7. The van der Waals surface area contributed by atoms with E-state index in [2.05, 4.69) is 16.0 Å². The average Bonchev–Trinajstić information content (AvgIpc) is 3.16. The lowest BCUT2D eigenvalue weighted by Gasteiger charge is -2.49. The SMILES string of the molecule is CC(C)(C)OC(=O)NCC[C@H](O)C(=O)N[C@@H]1CC(N)[C@H](O[C@@H]2OC(CNC(=O)OCc3ccccc3)[C@H](O)[C@H](O)C2O)[C@H](O)C1O[C@@H]1OC(CO)[C@H](O)[C@H](N)C1O. The molecule has 22 nitrogen and oxygen atoms in total. The van der Waals surface area contributed by atoms with Gasteiger partial charge in [0, 0.05) is 19.1 Å². The lowest BCUT2D eigenvalue weighted by Crippen LogP contribution is -2.69. The molecule has 2 heterocycles. The van der Waals surface area contributed by atoms with Gasteiger partial charge in [0.1, 0.15) is 79.4 Å². The van der Waals surface area contributed by atoms with Gasteiger partial charge in [-0.1, -0.05) is 30.3 Å². The molecule has 0 radical (unpaired) electrons. The van der Waals surface area contributed by atoms with Crippen LogP contribution in [0.1, 0.15) is 39.2 Å². The number of aliphatic hydroxyl groups excluding tert-OH is 8. The van der Waals surface area contributed by atoms with Gasteiger partial charge in [0.05, 0.1) is 18.7 Å². The Labute approximate surface area is 328 Å². The van der Waals surface area contributed by atoms with E-state index in [0.717, 1.165) is 0 Å². The van der Waals surface area contributed by atoms with Gasteiger partial charge in [0.25, 0.3) is 0 Å². The molecule has 57 heavy (non-hydrogen) atoms. The normalized spacial score (nSPS) is 36.4. The molecule has 6 unspecified atom stereocenters. The summed E-state index contributed by atoms with van der Waals surface area (Å²) in [5, 5.41) is 92.7.